The third-order valence-electron chi connectivity index (χ3n) is 3.28. The summed E-state index contributed by atoms with van der Waals surface area (Å²) < 4.78 is 10.5. The monoisotopic (exact) mass is 287 g/mol. The first-order chi connectivity index (χ1) is 10.2. The van der Waals surface area contributed by atoms with Crippen LogP contribution in [0.1, 0.15) is 16.7 Å². The van der Waals surface area contributed by atoms with E-state index < -0.39 is 0 Å². The molecule has 0 aromatic heterocycles. The van der Waals surface area contributed by atoms with Gasteiger partial charge in [-0.25, -0.2) is 0 Å². The summed E-state index contributed by atoms with van der Waals surface area (Å²) in [4.78, 5) is 0. The number of hydrogen-bond donors (Lipinski definition) is 2. The predicted octanol–water partition coefficient (Wildman–Crippen LogP) is 2.49. The molecule has 0 aliphatic carbocycles. The van der Waals surface area contributed by atoms with Gasteiger partial charge in [0.2, 0.25) is 0 Å². The van der Waals surface area contributed by atoms with Crippen LogP contribution in [0.3, 0.4) is 0 Å². The van der Waals surface area contributed by atoms with Crippen LogP contribution < -0.4 is 14.8 Å². The first-order valence-electron chi connectivity index (χ1n) is 6.86. The molecule has 0 aliphatic heterocycles. The van der Waals surface area contributed by atoms with E-state index in [1.165, 1.54) is 5.56 Å². The highest BCUT2D eigenvalue weighted by molar-refractivity contribution is 5.38. The zero-order valence-electron chi connectivity index (χ0n) is 12.4. The number of hydrogen-bond acceptors (Lipinski definition) is 4. The molecular formula is C17H21NO3. The van der Waals surface area contributed by atoms with E-state index in [2.05, 4.69) is 5.32 Å². The van der Waals surface area contributed by atoms with Crippen LogP contribution in [0.4, 0.5) is 0 Å². The minimum atomic E-state index is 0.0807. The lowest BCUT2D eigenvalue weighted by Crippen LogP contribution is -2.12. The second-order valence-corrected chi connectivity index (χ2v) is 4.80. The highest BCUT2D eigenvalue weighted by atomic mass is 16.5. The Labute approximate surface area is 125 Å². The van der Waals surface area contributed by atoms with E-state index in [-0.39, 0.29) is 6.61 Å². The molecule has 0 unspecified atom stereocenters. The molecule has 0 radical (unpaired) electrons. The van der Waals surface area contributed by atoms with Gasteiger partial charge in [-0.15, -0.1) is 0 Å². The maximum atomic E-state index is 9.01. The molecule has 0 spiro atoms. The lowest BCUT2D eigenvalue weighted by molar-refractivity contribution is 0.282. The van der Waals surface area contributed by atoms with Crippen LogP contribution in [0.5, 0.6) is 11.5 Å². The quantitative estimate of drug-likeness (QED) is 0.821. The second kappa shape index (κ2) is 7.67. The number of methoxy groups -OCH3 is 2. The average Bonchev–Trinajstić information content (AvgIpc) is 2.55. The van der Waals surface area contributed by atoms with Crippen LogP contribution in [-0.4, -0.2) is 19.3 Å². The summed E-state index contributed by atoms with van der Waals surface area (Å²) in [6.07, 6.45) is 0. The number of nitrogens with one attached hydrogen (secondary N) is 1. The molecule has 0 fully saturated rings. The molecule has 21 heavy (non-hydrogen) atoms. The molecule has 0 bridgehead atoms. The molecule has 2 aromatic carbocycles. The predicted molar refractivity (Wildman–Crippen MR) is 82.5 cm³/mol. The highest BCUT2D eigenvalue weighted by Crippen LogP contribution is 2.22. The smallest absolute Gasteiger partial charge is 0.122 e. The molecule has 0 amide bonds. The van der Waals surface area contributed by atoms with Crippen molar-refractivity contribution in [3.05, 3.63) is 59.2 Å². The summed E-state index contributed by atoms with van der Waals surface area (Å²) in [6, 6.07) is 13.7. The van der Waals surface area contributed by atoms with Crippen LogP contribution >= 0.6 is 0 Å². The van der Waals surface area contributed by atoms with Gasteiger partial charge in [0.1, 0.15) is 11.5 Å². The first-order valence-corrected chi connectivity index (χ1v) is 6.86. The Bertz CT molecular complexity index is 544. The molecule has 4 heteroatoms. The summed E-state index contributed by atoms with van der Waals surface area (Å²) in [7, 11) is 3.30. The van der Waals surface area contributed by atoms with Crippen molar-refractivity contribution in [2.24, 2.45) is 0 Å². The Hall–Kier alpha value is -2.04. The third kappa shape index (κ3) is 4.48. The Morgan fingerprint density at radius 1 is 0.810 bits per heavy atom. The van der Waals surface area contributed by atoms with Gasteiger partial charge in [-0.05, 0) is 28.8 Å². The van der Waals surface area contributed by atoms with Crippen molar-refractivity contribution >= 4 is 0 Å². The molecule has 112 valence electrons. The number of benzene rings is 2. The molecule has 0 saturated carbocycles. The Morgan fingerprint density at radius 3 is 1.86 bits per heavy atom. The van der Waals surface area contributed by atoms with Crippen LogP contribution in [0.25, 0.3) is 0 Å². The fourth-order valence-corrected chi connectivity index (χ4v) is 2.08. The summed E-state index contributed by atoms with van der Waals surface area (Å²) in [6.45, 7) is 1.58. The van der Waals surface area contributed by atoms with Crippen molar-refractivity contribution in [3.8, 4) is 11.5 Å². The average molecular weight is 287 g/mol. The van der Waals surface area contributed by atoms with Crippen molar-refractivity contribution in [2.75, 3.05) is 14.2 Å². The van der Waals surface area contributed by atoms with Gasteiger partial charge in [0, 0.05) is 19.2 Å². The zero-order valence-corrected chi connectivity index (χ0v) is 12.4. The fraction of sp³-hybridized carbons (Fsp3) is 0.294. The van der Waals surface area contributed by atoms with E-state index in [0.29, 0.717) is 0 Å². The van der Waals surface area contributed by atoms with E-state index in [0.717, 1.165) is 35.7 Å². The minimum Gasteiger partial charge on any atom is -0.497 e. The summed E-state index contributed by atoms with van der Waals surface area (Å²) in [5, 5.41) is 12.4. The van der Waals surface area contributed by atoms with Crippen molar-refractivity contribution < 1.29 is 14.6 Å². The maximum Gasteiger partial charge on any atom is 0.122 e. The van der Waals surface area contributed by atoms with E-state index in [9.17, 15) is 0 Å². The lowest BCUT2D eigenvalue weighted by atomic mass is 10.1. The SMILES string of the molecule is COc1cc(CNCc2ccc(CO)cc2)cc(OC)c1. The summed E-state index contributed by atoms with van der Waals surface area (Å²) in [5.41, 5.74) is 3.22. The van der Waals surface area contributed by atoms with E-state index >= 15 is 0 Å². The standard InChI is InChI=1S/C17H21NO3/c1-20-16-7-15(8-17(9-16)21-2)11-18-10-13-3-5-14(12-19)6-4-13/h3-9,18-19H,10-12H2,1-2H3. The first kappa shape index (κ1) is 15.4. The topological polar surface area (TPSA) is 50.7 Å². The largest absolute Gasteiger partial charge is 0.497 e. The van der Waals surface area contributed by atoms with E-state index in [1.54, 1.807) is 14.2 Å². The zero-order chi connectivity index (χ0) is 15.1. The molecule has 2 N–H and O–H groups in total. The van der Waals surface area contributed by atoms with E-state index in [4.69, 9.17) is 14.6 Å². The molecule has 4 nitrogen and oxygen atoms in total. The molecule has 0 atom stereocenters. The maximum absolute atomic E-state index is 9.01. The summed E-state index contributed by atoms with van der Waals surface area (Å²) in [5.74, 6) is 1.58. The van der Waals surface area contributed by atoms with Gasteiger partial charge in [0.25, 0.3) is 0 Å². The van der Waals surface area contributed by atoms with Gasteiger partial charge in [-0.2, -0.15) is 0 Å². The van der Waals surface area contributed by atoms with Gasteiger partial charge in [-0.3, -0.25) is 0 Å². The van der Waals surface area contributed by atoms with Crippen molar-refractivity contribution in [1.82, 2.24) is 5.32 Å². The van der Waals surface area contributed by atoms with Crippen LogP contribution in [0, 0.1) is 0 Å². The highest BCUT2D eigenvalue weighted by Gasteiger charge is 2.02. The van der Waals surface area contributed by atoms with Gasteiger partial charge < -0.3 is 19.9 Å². The number of rotatable bonds is 7. The van der Waals surface area contributed by atoms with Gasteiger partial charge in [0.15, 0.2) is 0 Å². The van der Waals surface area contributed by atoms with Crippen LogP contribution in [0.2, 0.25) is 0 Å². The lowest BCUT2D eigenvalue weighted by Gasteiger charge is -2.10. The Morgan fingerprint density at radius 2 is 1.33 bits per heavy atom. The van der Waals surface area contributed by atoms with Crippen molar-refractivity contribution in [2.45, 2.75) is 19.7 Å². The van der Waals surface area contributed by atoms with Gasteiger partial charge in [0.05, 0.1) is 20.8 Å². The Kier molecular flexibility index (Phi) is 5.60. The molecule has 2 rings (SSSR count). The number of ether oxygens (including phenoxy) is 2. The van der Waals surface area contributed by atoms with Crippen LogP contribution in [-0.2, 0) is 19.7 Å². The van der Waals surface area contributed by atoms with Crippen LogP contribution in [0.15, 0.2) is 42.5 Å². The third-order valence-corrected chi connectivity index (χ3v) is 3.28. The molecule has 0 aliphatic rings. The van der Waals surface area contributed by atoms with Crippen molar-refractivity contribution in [3.63, 3.8) is 0 Å². The Balaban J connectivity index is 1.93. The van der Waals surface area contributed by atoms with Gasteiger partial charge in [-0.1, -0.05) is 24.3 Å². The number of aliphatic hydroxyl groups is 1. The summed E-state index contributed by atoms with van der Waals surface area (Å²) >= 11 is 0. The molecule has 0 heterocycles. The molecule has 0 saturated heterocycles. The van der Waals surface area contributed by atoms with Gasteiger partial charge >= 0.3 is 0 Å². The van der Waals surface area contributed by atoms with Crippen molar-refractivity contribution in [1.29, 1.82) is 0 Å². The molecule has 2 aromatic rings. The number of aliphatic hydroxyl groups excluding tert-OH is 1. The normalized spacial score (nSPS) is 10.4. The fourth-order valence-electron chi connectivity index (χ4n) is 2.08. The van der Waals surface area contributed by atoms with E-state index in [1.807, 2.05) is 42.5 Å². The minimum absolute atomic E-state index is 0.0807. The molecular weight excluding hydrogens is 266 g/mol. The second-order valence-electron chi connectivity index (χ2n) is 4.80.